The lowest BCUT2D eigenvalue weighted by molar-refractivity contribution is -0.138. The van der Waals surface area contributed by atoms with Crippen LogP contribution < -0.4 is 0 Å². The zero-order valence-corrected chi connectivity index (χ0v) is 13.0. The predicted octanol–water partition coefficient (Wildman–Crippen LogP) is 2.84. The summed E-state index contributed by atoms with van der Waals surface area (Å²) in [5.74, 6) is -3.76. The van der Waals surface area contributed by atoms with Gasteiger partial charge in [-0.2, -0.15) is 9.78 Å². The number of Topliss-reactive ketones (excluding diaryl/α,β-unsaturated/α-hetero) is 1. The molecule has 1 atom stereocenters. The number of carbonyl (C=O) groups is 2. The number of carbonyl (C=O) groups excluding carboxylic acids is 1. The van der Waals surface area contributed by atoms with Gasteiger partial charge in [-0.05, 0) is 19.1 Å². The Morgan fingerprint density at radius 2 is 2.00 bits per heavy atom. The number of ketones is 1. The van der Waals surface area contributed by atoms with E-state index in [9.17, 15) is 14.7 Å². The summed E-state index contributed by atoms with van der Waals surface area (Å²) in [7, 11) is 0. The third-order valence-corrected chi connectivity index (χ3v) is 3.71. The first kappa shape index (κ1) is 16.3. The second-order valence-corrected chi connectivity index (χ2v) is 5.24. The van der Waals surface area contributed by atoms with Crippen LogP contribution in [0, 0.1) is 0 Å². The number of hydrogen-bond donors (Lipinski definition) is 2. The molecule has 0 saturated heterocycles. The summed E-state index contributed by atoms with van der Waals surface area (Å²) in [6.07, 6.45) is 0. The lowest BCUT2D eigenvalue weighted by Crippen LogP contribution is -2.13. The van der Waals surface area contributed by atoms with Crippen molar-refractivity contribution in [3.63, 3.8) is 0 Å². The van der Waals surface area contributed by atoms with Crippen LogP contribution in [-0.2, 0) is 4.79 Å². The first-order chi connectivity index (χ1) is 10.4. The Balaban J connectivity index is 2.71. The number of halogens is 2. The molecule has 116 valence electrons. The van der Waals surface area contributed by atoms with Crippen molar-refractivity contribution in [3.8, 4) is 11.6 Å². The van der Waals surface area contributed by atoms with Gasteiger partial charge in [0, 0.05) is 0 Å². The molecule has 8 heteroatoms. The van der Waals surface area contributed by atoms with Crippen LogP contribution in [0.2, 0.25) is 5.02 Å². The lowest BCUT2D eigenvalue weighted by atomic mass is 10.0. The minimum atomic E-state index is -1.17. The van der Waals surface area contributed by atoms with E-state index in [2.05, 4.69) is 5.10 Å². The summed E-state index contributed by atoms with van der Waals surface area (Å²) in [4.78, 5) is 23.1. The Morgan fingerprint density at radius 3 is 2.55 bits per heavy atom. The number of carboxylic acids is 1. The first-order valence-corrected chi connectivity index (χ1v) is 7.18. The van der Waals surface area contributed by atoms with Gasteiger partial charge in [-0.15, -0.1) is 11.6 Å². The molecule has 0 amide bonds. The van der Waals surface area contributed by atoms with E-state index in [1.54, 1.807) is 24.3 Å². The zero-order valence-electron chi connectivity index (χ0n) is 11.5. The Hall–Kier alpha value is -2.05. The van der Waals surface area contributed by atoms with E-state index in [-0.39, 0.29) is 11.3 Å². The van der Waals surface area contributed by atoms with Gasteiger partial charge in [-0.3, -0.25) is 9.59 Å². The van der Waals surface area contributed by atoms with Gasteiger partial charge in [0.1, 0.15) is 5.56 Å². The molecule has 0 aliphatic rings. The van der Waals surface area contributed by atoms with Crippen LogP contribution in [0.3, 0.4) is 0 Å². The largest absolute Gasteiger partial charge is 0.493 e. The molecule has 1 aromatic carbocycles. The summed E-state index contributed by atoms with van der Waals surface area (Å²) in [5.41, 5.74) is 0.0644. The maximum absolute atomic E-state index is 11.9. The van der Waals surface area contributed by atoms with Crippen molar-refractivity contribution in [3.05, 3.63) is 40.5 Å². The van der Waals surface area contributed by atoms with Crippen LogP contribution in [0.15, 0.2) is 24.3 Å². The van der Waals surface area contributed by atoms with Crippen LogP contribution in [0.25, 0.3) is 5.69 Å². The Labute approximate surface area is 135 Å². The van der Waals surface area contributed by atoms with Gasteiger partial charge in [-0.25, -0.2) is 0 Å². The molecular formula is C14H12Cl2N2O4. The topological polar surface area (TPSA) is 92.4 Å². The summed E-state index contributed by atoms with van der Waals surface area (Å²) in [6, 6.07) is 6.53. The predicted molar refractivity (Wildman–Crippen MR) is 81.3 cm³/mol. The van der Waals surface area contributed by atoms with Crippen molar-refractivity contribution in [1.82, 2.24) is 9.78 Å². The fourth-order valence-electron chi connectivity index (χ4n) is 1.97. The smallest absolute Gasteiger partial charge is 0.312 e. The first-order valence-electron chi connectivity index (χ1n) is 6.27. The minimum absolute atomic E-state index is 0.0597. The van der Waals surface area contributed by atoms with Gasteiger partial charge in [0.25, 0.3) is 0 Å². The van der Waals surface area contributed by atoms with Crippen LogP contribution in [0.5, 0.6) is 5.88 Å². The molecule has 0 aliphatic heterocycles. The second-order valence-electron chi connectivity index (χ2n) is 4.56. The van der Waals surface area contributed by atoms with Crippen molar-refractivity contribution < 1.29 is 19.8 Å². The number of benzene rings is 1. The quantitative estimate of drug-likeness (QED) is 0.643. The van der Waals surface area contributed by atoms with Gasteiger partial charge in [0.05, 0.1) is 28.2 Å². The van der Waals surface area contributed by atoms with Crippen LogP contribution in [0.1, 0.15) is 28.9 Å². The van der Waals surface area contributed by atoms with E-state index in [1.807, 2.05) is 0 Å². The molecule has 2 aromatic rings. The summed E-state index contributed by atoms with van der Waals surface area (Å²) < 4.78 is 1.04. The summed E-state index contributed by atoms with van der Waals surface area (Å²) >= 11 is 11.6. The van der Waals surface area contributed by atoms with Crippen LogP contribution >= 0.6 is 23.2 Å². The van der Waals surface area contributed by atoms with Gasteiger partial charge in [0.2, 0.25) is 5.88 Å². The number of rotatable bonds is 5. The average Bonchev–Trinajstić information content (AvgIpc) is 2.83. The average molecular weight is 343 g/mol. The monoisotopic (exact) mass is 342 g/mol. The molecule has 2 N–H and O–H groups in total. The van der Waals surface area contributed by atoms with Gasteiger partial charge in [0.15, 0.2) is 5.78 Å². The highest BCUT2D eigenvalue weighted by atomic mass is 35.5. The third kappa shape index (κ3) is 2.80. The molecule has 0 bridgehead atoms. The van der Waals surface area contributed by atoms with Crippen molar-refractivity contribution in [2.75, 3.05) is 5.88 Å². The molecule has 22 heavy (non-hydrogen) atoms. The highest BCUT2D eigenvalue weighted by Crippen LogP contribution is 2.32. The number of aromatic nitrogens is 2. The molecule has 2 rings (SSSR count). The number of nitrogens with zero attached hydrogens (tertiary/aromatic N) is 2. The standard InChI is InChI=1S/C14H12Cl2N2O4/c1-7(14(21)22)12-11(10(19)6-15)13(20)18(17-12)9-5-3-2-4-8(9)16/h2-5,7,20H,6H2,1H3,(H,21,22). The zero-order chi connectivity index (χ0) is 16.4. The second kappa shape index (κ2) is 6.37. The van der Waals surface area contributed by atoms with Crippen molar-refractivity contribution >= 4 is 35.0 Å². The Morgan fingerprint density at radius 1 is 1.36 bits per heavy atom. The molecule has 0 saturated carbocycles. The van der Waals surface area contributed by atoms with Crippen molar-refractivity contribution in [2.24, 2.45) is 0 Å². The molecule has 0 radical (unpaired) electrons. The number of alkyl halides is 1. The number of aromatic hydroxyl groups is 1. The highest BCUT2D eigenvalue weighted by Gasteiger charge is 2.30. The molecule has 1 unspecified atom stereocenters. The Bertz CT molecular complexity index is 742. The number of hydrogen-bond acceptors (Lipinski definition) is 4. The molecule has 6 nitrogen and oxygen atoms in total. The van der Waals surface area contributed by atoms with E-state index in [0.29, 0.717) is 10.7 Å². The molecule has 1 aromatic heterocycles. The third-order valence-electron chi connectivity index (χ3n) is 3.15. The van der Waals surface area contributed by atoms with Crippen LogP contribution in [0.4, 0.5) is 0 Å². The van der Waals surface area contributed by atoms with Crippen molar-refractivity contribution in [2.45, 2.75) is 12.8 Å². The maximum atomic E-state index is 11.9. The van der Waals surface area contributed by atoms with E-state index >= 15 is 0 Å². The molecular weight excluding hydrogens is 331 g/mol. The SMILES string of the molecule is CC(C(=O)O)c1nn(-c2ccccc2Cl)c(O)c1C(=O)CCl. The Kier molecular flexibility index (Phi) is 4.73. The van der Waals surface area contributed by atoms with Gasteiger partial charge < -0.3 is 10.2 Å². The van der Waals surface area contributed by atoms with E-state index in [4.69, 9.17) is 28.3 Å². The molecule has 0 fully saturated rings. The van der Waals surface area contributed by atoms with Crippen molar-refractivity contribution in [1.29, 1.82) is 0 Å². The van der Waals surface area contributed by atoms with Crippen LogP contribution in [-0.4, -0.2) is 37.6 Å². The molecule has 0 aliphatic carbocycles. The fourth-order valence-corrected chi connectivity index (χ4v) is 2.32. The molecule has 0 spiro atoms. The highest BCUT2D eigenvalue weighted by molar-refractivity contribution is 6.32. The normalized spacial score (nSPS) is 12.1. The van der Waals surface area contributed by atoms with E-state index in [1.165, 1.54) is 6.92 Å². The fraction of sp³-hybridized carbons (Fsp3) is 0.214. The minimum Gasteiger partial charge on any atom is -0.493 e. The maximum Gasteiger partial charge on any atom is 0.312 e. The summed E-state index contributed by atoms with van der Waals surface area (Å²) in [6.45, 7) is 1.37. The van der Waals surface area contributed by atoms with Gasteiger partial charge >= 0.3 is 5.97 Å². The lowest BCUT2D eigenvalue weighted by Gasteiger charge is -2.05. The number of aliphatic carboxylic acids is 1. The summed E-state index contributed by atoms with van der Waals surface area (Å²) in [5, 5.41) is 23.8. The number of carboxylic acid groups (broad SMARTS) is 1. The van der Waals surface area contributed by atoms with Gasteiger partial charge in [-0.1, -0.05) is 23.7 Å². The number of para-hydroxylation sites is 1. The molecule has 1 heterocycles. The van der Waals surface area contributed by atoms with E-state index < -0.39 is 29.4 Å². The van der Waals surface area contributed by atoms with E-state index in [0.717, 1.165) is 4.68 Å².